The average molecular weight is 403 g/mol. The molecule has 0 aliphatic carbocycles. The zero-order valence-corrected chi connectivity index (χ0v) is 16.9. The van der Waals surface area contributed by atoms with Crippen molar-refractivity contribution in [3.8, 4) is 0 Å². The molecule has 2 atom stereocenters. The summed E-state index contributed by atoms with van der Waals surface area (Å²) in [7, 11) is 1.60. The first-order valence-corrected chi connectivity index (χ1v) is 8.67. The number of carbonyl (C=O) groups excluding carboxylic acids is 1. The number of carbonyl (C=O) groups is 1. The van der Waals surface area contributed by atoms with E-state index in [1.54, 1.807) is 7.11 Å². The van der Waals surface area contributed by atoms with Crippen LogP contribution in [0.5, 0.6) is 0 Å². The van der Waals surface area contributed by atoms with Crippen LogP contribution >= 0.6 is 24.8 Å². The van der Waals surface area contributed by atoms with E-state index in [0.717, 1.165) is 42.8 Å². The number of imidazole rings is 1. The summed E-state index contributed by atoms with van der Waals surface area (Å²) < 4.78 is 7.49. The van der Waals surface area contributed by atoms with Gasteiger partial charge in [-0.1, -0.05) is 12.1 Å². The lowest BCUT2D eigenvalue weighted by Crippen LogP contribution is -2.36. The monoisotopic (exact) mass is 402 g/mol. The number of rotatable bonds is 6. The van der Waals surface area contributed by atoms with Gasteiger partial charge in [-0.2, -0.15) is 0 Å². The molecule has 1 aromatic heterocycles. The minimum absolute atomic E-state index is 0. The number of hydrogen-bond donors (Lipinski definition) is 1. The highest BCUT2D eigenvalue weighted by atomic mass is 35.5. The Hall–Kier alpha value is -1.34. The van der Waals surface area contributed by atoms with Crippen LogP contribution in [0, 0.1) is 0 Å². The van der Waals surface area contributed by atoms with Crippen LogP contribution in [0.2, 0.25) is 0 Å². The number of halogens is 2. The molecule has 1 aliphatic heterocycles. The number of ether oxygens (including phenoxy) is 1. The molecule has 1 amide bonds. The Balaban J connectivity index is 0.00000169. The Kier molecular flexibility index (Phi) is 8.83. The third-order valence-corrected chi connectivity index (χ3v) is 4.87. The molecule has 2 heterocycles. The van der Waals surface area contributed by atoms with Gasteiger partial charge in [0.05, 0.1) is 29.6 Å². The number of aromatic nitrogens is 2. The minimum Gasteiger partial charge on any atom is -0.380 e. The number of benzene rings is 1. The van der Waals surface area contributed by atoms with Gasteiger partial charge in [0.15, 0.2) is 0 Å². The van der Waals surface area contributed by atoms with Crippen LogP contribution < -0.4 is 5.73 Å². The summed E-state index contributed by atoms with van der Waals surface area (Å²) in [4.78, 5) is 19.5. The van der Waals surface area contributed by atoms with E-state index in [0.29, 0.717) is 13.0 Å². The maximum Gasteiger partial charge on any atom is 0.225 e. The van der Waals surface area contributed by atoms with Crippen molar-refractivity contribution in [1.82, 2.24) is 14.5 Å². The van der Waals surface area contributed by atoms with E-state index in [1.165, 1.54) is 0 Å². The number of nitrogens with two attached hydrogens (primary N) is 1. The summed E-state index contributed by atoms with van der Waals surface area (Å²) in [6.45, 7) is 4.09. The van der Waals surface area contributed by atoms with E-state index in [2.05, 4.69) is 17.6 Å². The van der Waals surface area contributed by atoms with Crippen LogP contribution in [0.15, 0.2) is 24.3 Å². The van der Waals surface area contributed by atoms with Crippen molar-refractivity contribution in [2.45, 2.75) is 44.9 Å². The van der Waals surface area contributed by atoms with Gasteiger partial charge < -0.3 is 19.9 Å². The Labute approximate surface area is 166 Å². The number of aryl methyl sites for hydroxylation is 1. The Morgan fingerprint density at radius 1 is 1.38 bits per heavy atom. The standard InChI is InChI=1S/C18H26N4O2.2ClH/c1-3-21-15-8-5-4-7-14(15)20-18(21)16-9-6-10-22(16)17(23)11-13(12-19)24-2;;/h4-5,7-8,13,16H,3,6,9-12,19H2,1-2H3;2*1H. The second-order valence-corrected chi connectivity index (χ2v) is 6.25. The SMILES string of the molecule is CCn1c(C2CCCN2C(=O)CC(CN)OC)nc2ccccc21.Cl.Cl. The summed E-state index contributed by atoms with van der Waals surface area (Å²) in [5, 5.41) is 0. The van der Waals surface area contributed by atoms with Crippen LogP contribution in [0.4, 0.5) is 0 Å². The van der Waals surface area contributed by atoms with Crippen LogP contribution in [-0.4, -0.2) is 46.7 Å². The van der Waals surface area contributed by atoms with Crippen LogP contribution in [0.3, 0.4) is 0 Å². The summed E-state index contributed by atoms with van der Waals surface area (Å²) in [6.07, 6.45) is 2.07. The van der Waals surface area contributed by atoms with Crippen molar-refractivity contribution in [3.63, 3.8) is 0 Å². The molecule has 8 heteroatoms. The van der Waals surface area contributed by atoms with Gasteiger partial charge in [0.25, 0.3) is 0 Å². The Morgan fingerprint density at radius 3 is 2.77 bits per heavy atom. The average Bonchev–Trinajstić information content (AvgIpc) is 3.23. The van der Waals surface area contributed by atoms with Crippen LogP contribution in [0.1, 0.15) is 38.1 Å². The largest absolute Gasteiger partial charge is 0.380 e. The van der Waals surface area contributed by atoms with Gasteiger partial charge in [-0.25, -0.2) is 4.98 Å². The van der Waals surface area contributed by atoms with Crippen molar-refractivity contribution in [1.29, 1.82) is 0 Å². The zero-order chi connectivity index (χ0) is 17.1. The molecular weight excluding hydrogens is 375 g/mol. The molecule has 1 aromatic carbocycles. The van der Waals surface area contributed by atoms with E-state index in [1.807, 2.05) is 23.1 Å². The number of nitrogens with zero attached hydrogens (tertiary/aromatic N) is 3. The summed E-state index contributed by atoms with van der Waals surface area (Å²) >= 11 is 0. The number of hydrogen-bond acceptors (Lipinski definition) is 4. The normalized spacial score (nSPS) is 17.7. The highest BCUT2D eigenvalue weighted by Gasteiger charge is 2.34. The lowest BCUT2D eigenvalue weighted by Gasteiger charge is -2.26. The van der Waals surface area contributed by atoms with Crippen LogP contribution in [0.25, 0.3) is 11.0 Å². The molecule has 3 rings (SSSR count). The molecular formula is C18H28Cl2N4O2. The minimum atomic E-state index is -0.219. The third kappa shape index (κ3) is 4.31. The van der Waals surface area contributed by atoms with Gasteiger partial charge in [-0.15, -0.1) is 24.8 Å². The maximum atomic E-state index is 12.7. The van der Waals surface area contributed by atoms with E-state index in [-0.39, 0.29) is 42.9 Å². The molecule has 2 N–H and O–H groups in total. The fourth-order valence-electron chi connectivity index (χ4n) is 3.59. The Morgan fingerprint density at radius 2 is 2.12 bits per heavy atom. The molecule has 146 valence electrons. The lowest BCUT2D eigenvalue weighted by atomic mass is 10.1. The first kappa shape index (κ1) is 22.7. The molecule has 0 saturated carbocycles. The van der Waals surface area contributed by atoms with Crippen LogP contribution in [-0.2, 0) is 16.1 Å². The van der Waals surface area contributed by atoms with E-state index >= 15 is 0 Å². The summed E-state index contributed by atoms with van der Waals surface area (Å²) in [5.74, 6) is 1.09. The molecule has 1 aliphatic rings. The van der Waals surface area contributed by atoms with Crippen molar-refractivity contribution in [2.75, 3.05) is 20.2 Å². The quantitative estimate of drug-likeness (QED) is 0.805. The predicted molar refractivity (Wildman–Crippen MR) is 108 cm³/mol. The second kappa shape index (κ2) is 10.1. The van der Waals surface area contributed by atoms with Gasteiger partial charge in [0, 0.05) is 26.7 Å². The van der Waals surface area contributed by atoms with Gasteiger partial charge in [0.2, 0.25) is 5.91 Å². The molecule has 6 nitrogen and oxygen atoms in total. The Bertz CT molecular complexity index is 718. The van der Waals surface area contributed by atoms with Gasteiger partial charge >= 0.3 is 0 Å². The molecule has 26 heavy (non-hydrogen) atoms. The molecule has 0 bridgehead atoms. The van der Waals surface area contributed by atoms with Crippen molar-refractivity contribution in [2.24, 2.45) is 5.73 Å². The zero-order valence-electron chi connectivity index (χ0n) is 15.3. The van der Waals surface area contributed by atoms with Gasteiger partial charge in [-0.3, -0.25) is 4.79 Å². The number of para-hydroxylation sites is 2. The molecule has 2 unspecified atom stereocenters. The molecule has 1 fully saturated rings. The first-order valence-electron chi connectivity index (χ1n) is 8.67. The maximum absolute atomic E-state index is 12.7. The molecule has 0 radical (unpaired) electrons. The van der Waals surface area contributed by atoms with Crippen molar-refractivity contribution in [3.05, 3.63) is 30.1 Å². The van der Waals surface area contributed by atoms with Crippen molar-refractivity contribution >= 4 is 41.8 Å². The highest BCUT2D eigenvalue weighted by Crippen LogP contribution is 2.34. The smallest absolute Gasteiger partial charge is 0.225 e. The first-order chi connectivity index (χ1) is 11.7. The fraction of sp³-hybridized carbons (Fsp3) is 0.556. The second-order valence-electron chi connectivity index (χ2n) is 6.25. The van der Waals surface area contributed by atoms with Gasteiger partial charge in [-0.05, 0) is 31.9 Å². The topological polar surface area (TPSA) is 73.4 Å². The third-order valence-electron chi connectivity index (χ3n) is 4.87. The van der Waals surface area contributed by atoms with Crippen molar-refractivity contribution < 1.29 is 9.53 Å². The highest BCUT2D eigenvalue weighted by molar-refractivity contribution is 5.85. The number of fused-ring (bicyclic) bond motifs is 1. The molecule has 0 spiro atoms. The van der Waals surface area contributed by atoms with Gasteiger partial charge in [0.1, 0.15) is 5.82 Å². The molecule has 2 aromatic rings. The lowest BCUT2D eigenvalue weighted by molar-refractivity contribution is -0.134. The number of amides is 1. The summed E-state index contributed by atoms with van der Waals surface area (Å²) in [6, 6.07) is 8.19. The van der Waals surface area contributed by atoms with E-state index in [4.69, 9.17) is 15.5 Å². The fourth-order valence-corrected chi connectivity index (χ4v) is 3.59. The number of methoxy groups -OCH3 is 1. The van der Waals surface area contributed by atoms with E-state index in [9.17, 15) is 4.79 Å². The predicted octanol–water partition coefficient (Wildman–Crippen LogP) is 2.93. The molecule has 1 saturated heterocycles. The summed E-state index contributed by atoms with van der Waals surface area (Å²) in [5.41, 5.74) is 7.78. The number of likely N-dealkylation sites (tertiary alicyclic amines) is 1. The van der Waals surface area contributed by atoms with E-state index < -0.39 is 0 Å².